The first kappa shape index (κ1) is 12.3. The summed E-state index contributed by atoms with van der Waals surface area (Å²) in [6, 6.07) is 2.49. The van der Waals surface area contributed by atoms with E-state index in [1.807, 2.05) is 0 Å². The molecular weight excluding hydrogens is 291 g/mol. The molecular formula is C11H12BrFN2O2. The van der Waals surface area contributed by atoms with Gasteiger partial charge in [-0.15, -0.1) is 0 Å². The number of carbonyl (C=O) groups is 1. The van der Waals surface area contributed by atoms with Crippen LogP contribution in [0.2, 0.25) is 0 Å². The Hall–Kier alpha value is -1.14. The van der Waals surface area contributed by atoms with Crippen LogP contribution in [0.3, 0.4) is 0 Å². The molecule has 0 radical (unpaired) electrons. The minimum Gasteiger partial charge on any atom is -0.396 e. The molecule has 0 saturated carbocycles. The first-order chi connectivity index (χ1) is 7.99. The summed E-state index contributed by atoms with van der Waals surface area (Å²) in [4.78, 5) is 13.6. The van der Waals surface area contributed by atoms with Crippen LogP contribution in [0.5, 0.6) is 0 Å². The Morgan fingerprint density at radius 2 is 2.29 bits per heavy atom. The molecule has 0 unspecified atom stereocenters. The van der Waals surface area contributed by atoms with E-state index >= 15 is 0 Å². The normalized spacial score (nSPS) is 19.7. The Bertz CT molecular complexity index is 467. The third-order valence-electron chi connectivity index (χ3n) is 2.77. The Morgan fingerprint density at radius 3 is 2.88 bits per heavy atom. The van der Waals surface area contributed by atoms with Gasteiger partial charge in [-0.1, -0.05) is 0 Å². The molecule has 17 heavy (non-hydrogen) atoms. The van der Waals surface area contributed by atoms with Crippen LogP contribution in [0, 0.1) is 5.82 Å². The van der Waals surface area contributed by atoms with Crippen LogP contribution in [0.1, 0.15) is 16.8 Å². The van der Waals surface area contributed by atoms with Gasteiger partial charge in [0.15, 0.2) is 0 Å². The van der Waals surface area contributed by atoms with Gasteiger partial charge in [0, 0.05) is 17.6 Å². The number of nitrogens with two attached hydrogens (primary N) is 1. The van der Waals surface area contributed by atoms with E-state index in [0.29, 0.717) is 29.5 Å². The number of aliphatic hydroxyl groups excluding tert-OH is 1. The smallest absolute Gasteiger partial charge is 0.255 e. The quantitative estimate of drug-likeness (QED) is 0.770. The topological polar surface area (TPSA) is 66.6 Å². The molecule has 0 aromatic heterocycles. The van der Waals surface area contributed by atoms with Crippen molar-refractivity contribution in [1.82, 2.24) is 4.90 Å². The summed E-state index contributed by atoms with van der Waals surface area (Å²) in [5.74, 6) is -0.810. The van der Waals surface area contributed by atoms with Gasteiger partial charge >= 0.3 is 0 Å². The van der Waals surface area contributed by atoms with Gasteiger partial charge in [0.1, 0.15) is 5.82 Å². The summed E-state index contributed by atoms with van der Waals surface area (Å²) in [5.41, 5.74) is 5.70. The summed E-state index contributed by atoms with van der Waals surface area (Å²) >= 11 is 3.14. The van der Waals surface area contributed by atoms with Gasteiger partial charge in [0.05, 0.1) is 17.4 Å². The number of nitrogen functional groups attached to an aromatic ring is 1. The summed E-state index contributed by atoms with van der Waals surface area (Å²) < 4.78 is 13.5. The molecule has 1 amide bonds. The molecule has 1 aliphatic heterocycles. The highest BCUT2D eigenvalue weighted by Gasteiger charge is 2.27. The molecule has 0 spiro atoms. The van der Waals surface area contributed by atoms with Gasteiger partial charge in [-0.05, 0) is 34.5 Å². The molecule has 1 aliphatic rings. The van der Waals surface area contributed by atoms with Crippen molar-refractivity contribution in [2.45, 2.75) is 12.5 Å². The molecule has 1 fully saturated rings. The summed E-state index contributed by atoms with van der Waals surface area (Å²) in [6.45, 7) is 0.812. The second kappa shape index (κ2) is 4.62. The first-order valence-corrected chi connectivity index (χ1v) is 6.00. The van der Waals surface area contributed by atoms with E-state index in [0.717, 1.165) is 0 Å². The lowest BCUT2D eigenvalue weighted by molar-refractivity contribution is 0.0764. The average Bonchev–Trinajstić information content (AvgIpc) is 2.69. The maximum Gasteiger partial charge on any atom is 0.255 e. The fourth-order valence-corrected chi connectivity index (χ4v) is 2.31. The Balaban J connectivity index is 2.28. The number of β-amino-alcohol motifs (C(OH)–C–C–N with tert-alkyl or cyclic N) is 1. The van der Waals surface area contributed by atoms with E-state index in [9.17, 15) is 14.3 Å². The second-order valence-corrected chi connectivity index (χ2v) is 4.90. The number of carbonyl (C=O) groups excluding carboxylic acids is 1. The Labute approximate surface area is 106 Å². The van der Waals surface area contributed by atoms with Crippen molar-refractivity contribution in [3.8, 4) is 0 Å². The standard InChI is InChI=1S/C11H12BrFN2O2/c12-8-4-9(13)10(14)3-7(8)11(17)15-2-1-6(16)5-15/h3-4,6,16H,1-2,5,14H2/t6-/m1/s1. The minimum absolute atomic E-state index is 0.0590. The monoisotopic (exact) mass is 302 g/mol. The number of hydrogen-bond acceptors (Lipinski definition) is 3. The van der Waals surface area contributed by atoms with Crippen LogP contribution in [0.4, 0.5) is 10.1 Å². The van der Waals surface area contributed by atoms with Crippen molar-refractivity contribution in [3.63, 3.8) is 0 Å². The van der Waals surface area contributed by atoms with Gasteiger partial charge in [-0.25, -0.2) is 4.39 Å². The average molecular weight is 303 g/mol. The van der Waals surface area contributed by atoms with Crippen molar-refractivity contribution in [2.24, 2.45) is 0 Å². The maximum atomic E-state index is 13.1. The highest BCUT2D eigenvalue weighted by molar-refractivity contribution is 9.10. The van der Waals surface area contributed by atoms with Crippen LogP contribution in [0.25, 0.3) is 0 Å². The number of amides is 1. The van der Waals surface area contributed by atoms with Gasteiger partial charge in [-0.2, -0.15) is 0 Å². The third-order valence-corrected chi connectivity index (χ3v) is 3.42. The number of nitrogens with zero attached hydrogens (tertiary/aromatic N) is 1. The molecule has 4 nitrogen and oxygen atoms in total. The molecule has 6 heteroatoms. The van der Waals surface area contributed by atoms with E-state index in [1.165, 1.54) is 17.0 Å². The van der Waals surface area contributed by atoms with E-state index in [4.69, 9.17) is 5.73 Å². The number of rotatable bonds is 1. The lowest BCUT2D eigenvalue weighted by atomic mass is 10.1. The first-order valence-electron chi connectivity index (χ1n) is 5.21. The van der Waals surface area contributed by atoms with Crippen LogP contribution in [-0.2, 0) is 0 Å². The molecule has 92 valence electrons. The zero-order valence-electron chi connectivity index (χ0n) is 8.99. The molecule has 3 N–H and O–H groups in total. The zero-order chi connectivity index (χ0) is 12.6. The SMILES string of the molecule is Nc1cc(C(=O)N2CC[C@@H](O)C2)c(Br)cc1F. The summed E-state index contributed by atoms with van der Waals surface area (Å²) in [6.07, 6.45) is 0.0931. The maximum absolute atomic E-state index is 13.1. The predicted octanol–water partition coefficient (Wildman–Crippen LogP) is 1.38. The largest absolute Gasteiger partial charge is 0.396 e. The fraction of sp³-hybridized carbons (Fsp3) is 0.364. The zero-order valence-corrected chi connectivity index (χ0v) is 10.6. The van der Waals surface area contributed by atoms with Crippen LogP contribution >= 0.6 is 15.9 Å². The number of hydrogen-bond donors (Lipinski definition) is 2. The van der Waals surface area contributed by atoms with Crippen molar-refractivity contribution in [2.75, 3.05) is 18.8 Å². The molecule has 1 aromatic rings. The lowest BCUT2D eigenvalue weighted by Gasteiger charge is -2.16. The molecule has 1 saturated heterocycles. The Morgan fingerprint density at radius 1 is 1.59 bits per heavy atom. The van der Waals surface area contributed by atoms with E-state index in [-0.39, 0.29) is 11.6 Å². The van der Waals surface area contributed by atoms with Crippen molar-refractivity contribution in [3.05, 3.63) is 28.0 Å². The van der Waals surface area contributed by atoms with Crippen LogP contribution in [0.15, 0.2) is 16.6 Å². The number of benzene rings is 1. The molecule has 1 atom stereocenters. The molecule has 1 heterocycles. The second-order valence-electron chi connectivity index (χ2n) is 4.05. The van der Waals surface area contributed by atoms with Crippen molar-refractivity contribution < 1.29 is 14.3 Å². The van der Waals surface area contributed by atoms with E-state index in [1.54, 1.807) is 0 Å². The number of anilines is 1. The van der Waals surface area contributed by atoms with Crippen LogP contribution in [-0.4, -0.2) is 35.1 Å². The highest BCUT2D eigenvalue weighted by atomic mass is 79.9. The summed E-state index contributed by atoms with van der Waals surface area (Å²) in [7, 11) is 0. The van der Waals surface area contributed by atoms with Gasteiger partial charge in [-0.3, -0.25) is 4.79 Å². The molecule has 2 rings (SSSR count). The van der Waals surface area contributed by atoms with Gasteiger partial charge in [0.25, 0.3) is 5.91 Å². The molecule has 0 aliphatic carbocycles. The number of likely N-dealkylation sites (tertiary alicyclic amines) is 1. The van der Waals surface area contributed by atoms with Crippen molar-refractivity contribution >= 4 is 27.5 Å². The van der Waals surface area contributed by atoms with Gasteiger partial charge in [0.2, 0.25) is 0 Å². The van der Waals surface area contributed by atoms with Gasteiger partial charge < -0.3 is 15.7 Å². The minimum atomic E-state index is -0.560. The summed E-state index contributed by atoms with van der Waals surface area (Å²) in [5, 5.41) is 9.37. The number of halogens is 2. The Kier molecular flexibility index (Phi) is 3.35. The number of aliphatic hydroxyl groups is 1. The molecule has 1 aromatic carbocycles. The van der Waals surface area contributed by atoms with E-state index < -0.39 is 11.9 Å². The van der Waals surface area contributed by atoms with E-state index in [2.05, 4.69) is 15.9 Å². The highest BCUT2D eigenvalue weighted by Crippen LogP contribution is 2.25. The third kappa shape index (κ3) is 2.42. The fourth-order valence-electron chi connectivity index (χ4n) is 1.83. The lowest BCUT2D eigenvalue weighted by Crippen LogP contribution is -2.29. The van der Waals surface area contributed by atoms with Crippen molar-refractivity contribution in [1.29, 1.82) is 0 Å². The predicted molar refractivity (Wildman–Crippen MR) is 65.0 cm³/mol. The van der Waals surface area contributed by atoms with Crippen LogP contribution < -0.4 is 5.73 Å². The molecule has 0 bridgehead atoms.